The van der Waals surface area contributed by atoms with Crippen molar-refractivity contribution in [1.82, 2.24) is 0 Å². The van der Waals surface area contributed by atoms with Gasteiger partial charge in [-0.2, -0.15) is 0 Å². The molecule has 1 saturated heterocycles. The minimum absolute atomic E-state index is 0.129. The zero-order chi connectivity index (χ0) is 23.3. The summed E-state index contributed by atoms with van der Waals surface area (Å²) in [7, 11) is 0. The van der Waals surface area contributed by atoms with Gasteiger partial charge >= 0.3 is 0 Å². The van der Waals surface area contributed by atoms with Crippen LogP contribution in [0.2, 0.25) is 0 Å². The summed E-state index contributed by atoms with van der Waals surface area (Å²) in [6.07, 6.45) is 13.3. The number of carbonyl (C=O) groups is 1. The number of fused-ring (bicyclic) bond motifs is 5. The Balaban J connectivity index is 1.53. The van der Waals surface area contributed by atoms with Crippen molar-refractivity contribution in [2.45, 2.75) is 98.2 Å². The molecule has 0 radical (unpaired) electrons. The van der Waals surface area contributed by atoms with Gasteiger partial charge in [-0.05, 0) is 84.0 Å². The molecule has 3 fully saturated rings. The summed E-state index contributed by atoms with van der Waals surface area (Å²) in [6.45, 7) is 12.5. The van der Waals surface area contributed by atoms with E-state index in [2.05, 4.69) is 56.6 Å². The quantitative estimate of drug-likeness (QED) is 0.299. The van der Waals surface area contributed by atoms with Crippen molar-refractivity contribution in [3.8, 4) is 0 Å². The number of Topliss-reactive ketones (excluding diaryl/α,β-unsaturated/α-hetero) is 1. The van der Waals surface area contributed by atoms with E-state index in [1.165, 1.54) is 50.5 Å². The largest absolute Gasteiger partial charge is 0.360 e. The zero-order valence-corrected chi connectivity index (χ0v) is 22.5. The SMILES string of the molecule is CC(C)CCC[C@@H](C)[C@H]1CC[C@H]2[C@@H]3CC=C4COC(O)(C(=O)CBr)C[C@]4(C)[C@H]3CC[C@]12C. The van der Waals surface area contributed by atoms with Gasteiger partial charge in [-0.3, -0.25) is 4.79 Å². The average Bonchev–Trinajstić information content (AvgIpc) is 3.09. The number of allylic oxidation sites excluding steroid dienone is 1. The van der Waals surface area contributed by atoms with Crippen LogP contribution in [0.5, 0.6) is 0 Å². The highest BCUT2D eigenvalue weighted by Crippen LogP contribution is 2.67. The highest BCUT2D eigenvalue weighted by molar-refractivity contribution is 9.09. The van der Waals surface area contributed by atoms with Gasteiger partial charge in [0.15, 0.2) is 0 Å². The van der Waals surface area contributed by atoms with Gasteiger partial charge < -0.3 is 9.84 Å². The van der Waals surface area contributed by atoms with E-state index in [1.54, 1.807) is 0 Å². The number of aliphatic hydroxyl groups is 1. The van der Waals surface area contributed by atoms with Gasteiger partial charge in [-0.15, -0.1) is 0 Å². The third-order valence-corrected chi connectivity index (χ3v) is 11.0. The number of ether oxygens (including phenoxy) is 1. The Bertz CT molecular complexity index is 747. The van der Waals surface area contributed by atoms with Crippen LogP contribution in [0.4, 0.5) is 0 Å². The van der Waals surface area contributed by atoms with Crippen molar-refractivity contribution in [3.05, 3.63) is 11.6 Å². The lowest BCUT2D eigenvalue weighted by molar-refractivity contribution is -0.234. The van der Waals surface area contributed by atoms with E-state index in [4.69, 9.17) is 4.74 Å². The van der Waals surface area contributed by atoms with E-state index in [0.29, 0.717) is 30.3 Å². The summed E-state index contributed by atoms with van der Waals surface area (Å²) in [5, 5.41) is 11.2. The van der Waals surface area contributed by atoms with Crippen LogP contribution >= 0.6 is 15.9 Å². The molecule has 1 aliphatic heterocycles. The number of alkyl halides is 1. The van der Waals surface area contributed by atoms with Crippen LogP contribution in [0.15, 0.2) is 11.6 Å². The average molecular weight is 510 g/mol. The van der Waals surface area contributed by atoms with Crippen LogP contribution in [0.1, 0.15) is 92.4 Å². The molecule has 32 heavy (non-hydrogen) atoms. The maximum absolute atomic E-state index is 12.5. The lowest BCUT2D eigenvalue weighted by Gasteiger charge is -2.59. The van der Waals surface area contributed by atoms with Crippen molar-refractivity contribution in [3.63, 3.8) is 0 Å². The number of halogens is 1. The van der Waals surface area contributed by atoms with E-state index in [-0.39, 0.29) is 16.5 Å². The highest BCUT2D eigenvalue weighted by Gasteiger charge is 2.61. The van der Waals surface area contributed by atoms with E-state index in [0.717, 1.165) is 30.1 Å². The maximum atomic E-state index is 12.5. The molecule has 4 heteroatoms. The summed E-state index contributed by atoms with van der Waals surface area (Å²) >= 11 is 3.25. The van der Waals surface area contributed by atoms with Crippen LogP contribution < -0.4 is 0 Å². The molecular formula is C28H45BrO3. The Morgan fingerprint density at radius 2 is 1.94 bits per heavy atom. The molecule has 3 aliphatic carbocycles. The van der Waals surface area contributed by atoms with E-state index < -0.39 is 5.79 Å². The van der Waals surface area contributed by atoms with Gasteiger partial charge in [0.05, 0.1) is 11.9 Å². The van der Waals surface area contributed by atoms with Crippen LogP contribution in [-0.2, 0) is 9.53 Å². The van der Waals surface area contributed by atoms with Gasteiger partial charge in [0.1, 0.15) is 0 Å². The molecule has 0 aromatic heterocycles. The Kier molecular flexibility index (Phi) is 7.10. The third kappa shape index (κ3) is 4.09. The van der Waals surface area contributed by atoms with Crippen molar-refractivity contribution in [1.29, 1.82) is 0 Å². The number of rotatable bonds is 7. The smallest absolute Gasteiger partial charge is 0.228 e. The minimum atomic E-state index is -1.64. The molecular weight excluding hydrogens is 464 g/mol. The normalized spacial score (nSPS) is 44.4. The molecule has 8 atom stereocenters. The molecule has 4 aliphatic rings. The first-order valence-corrected chi connectivity index (χ1v) is 14.3. The Morgan fingerprint density at radius 1 is 1.19 bits per heavy atom. The first-order valence-electron chi connectivity index (χ1n) is 13.2. The maximum Gasteiger partial charge on any atom is 0.228 e. The second-order valence-electron chi connectivity index (χ2n) is 12.6. The minimum Gasteiger partial charge on any atom is -0.360 e. The van der Waals surface area contributed by atoms with Crippen LogP contribution in [-0.4, -0.2) is 28.6 Å². The lowest BCUT2D eigenvalue weighted by atomic mass is 9.47. The van der Waals surface area contributed by atoms with Gasteiger partial charge in [0.2, 0.25) is 11.6 Å². The number of hydrogen-bond acceptors (Lipinski definition) is 3. The fourth-order valence-corrected chi connectivity index (χ4v) is 9.12. The van der Waals surface area contributed by atoms with Crippen molar-refractivity contribution in [2.75, 3.05) is 11.9 Å². The van der Waals surface area contributed by atoms with Crippen LogP contribution in [0.3, 0.4) is 0 Å². The standard InChI is InChI=1S/C28H45BrO3/c1-18(2)7-6-8-19(3)22-11-12-23-21-10-9-20-16-32-28(31,25(30)15-29)17-27(20,5)24(21)13-14-26(22,23)4/h9,18-19,21-24,31H,6-8,10-17H2,1-5H3/t19-,21+,22-,23+,24+,26-,27+,28?/m1/s1. The molecule has 1 unspecified atom stereocenters. The molecule has 0 spiro atoms. The Hall–Kier alpha value is -0.190. The first-order chi connectivity index (χ1) is 15.0. The van der Waals surface area contributed by atoms with E-state index >= 15 is 0 Å². The van der Waals surface area contributed by atoms with E-state index in [9.17, 15) is 9.90 Å². The van der Waals surface area contributed by atoms with Crippen molar-refractivity contribution >= 4 is 21.7 Å². The molecule has 1 N–H and O–H groups in total. The van der Waals surface area contributed by atoms with Gasteiger partial charge in [-0.25, -0.2) is 0 Å². The van der Waals surface area contributed by atoms with Crippen molar-refractivity contribution < 1.29 is 14.6 Å². The molecule has 182 valence electrons. The molecule has 0 amide bonds. The van der Waals surface area contributed by atoms with Crippen LogP contribution in [0, 0.1) is 46.3 Å². The Labute approximate surface area is 204 Å². The summed E-state index contributed by atoms with van der Waals surface area (Å²) in [4.78, 5) is 12.5. The first kappa shape index (κ1) is 24.9. The van der Waals surface area contributed by atoms with Gasteiger partial charge in [0.25, 0.3) is 0 Å². The zero-order valence-electron chi connectivity index (χ0n) is 21.0. The van der Waals surface area contributed by atoms with E-state index in [1.807, 2.05) is 0 Å². The predicted octanol–water partition coefficient (Wildman–Crippen LogP) is 6.92. The molecule has 3 nitrogen and oxygen atoms in total. The molecule has 0 aromatic carbocycles. The molecule has 0 aromatic rings. The summed E-state index contributed by atoms with van der Waals surface area (Å²) in [6, 6.07) is 0. The Morgan fingerprint density at radius 3 is 2.62 bits per heavy atom. The molecule has 1 heterocycles. The van der Waals surface area contributed by atoms with Gasteiger partial charge in [-0.1, -0.05) is 75.9 Å². The topological polar surface area (TPSA) is 46.5 Å². The molecule has 0 bridgehead atoms. The summed E-state index contributed by atoms with van der Waals surface area (Å²) in [5.74, 6) is 2.60. The fourth-order valence-electron chi connectivity index (χ4n) is 8.68. The van der Waals surface area contributed by atoms with Crippen molar-refractivity contribution in [2.24, 2.45) is 46.3 Å². The monoisotopic (exact) mass is 508 g/mol. The summed E-state index contributed by atoms with van der Waals surface area (Å²) in [5.41, 5.74) is 1.65. The highest BCUT2D eigenvalue weighted by atomic mass is 79.9. The molecule has 4 rings (SSSR count). The number of carbonyl (C=O) groups excluding carboxylic acids is 1. The predicted molar refractivity (Wildman–Crippen MR) is 134 cm³/mol. The molecule has 2 saturated carbocycles. The lowest BCUT2D eigenvalue weighted by Crippen LogP contribution is -2.57. The fraction of sp³-hybridized carbons (Fsp3) is 0.893. The second kappa shape index (κ2) is 9.11. The number of ketones is 1. The number of hydrogen-bond donors (Lipinski definition) is 1. The third-order valence-electron chi connectivity index (χ3n) is 10.5. The second-order valence-corrected chi connectivity index (χ2v) is 13.2. The van der Waals surface area contributed by atoms with Crippen LogP contribution in [0.25, 0.3) is 0 Å². The summed E-state index contributed by atoms with van der Waals surface area (Å²) < 4.78 is 5.75. The van der Waals surface area contributed by atoms with Gasteiger partial charge in [0, 0.05) is 6.42 Å².